The molecule has 14 heteroatoms. The van der Waals surface area contributed by atoms with Crippen LogP contribution >= 0.6 is 11.6 Å². The molecule has 1 amide bonds. The Labute approximate surface area is 230 Å². The Kier molecular flexibility index (Phi) is 6.34. The van der Waals surface area contributed by atoms with Crippen molar-refractivity contribution < 1.29 is 13.9 Å². The molecule has 40 heavy (non-hydrogen) atoms. The summed E-state index contributed by atoms with van der Waals surface area (Å²) in [7, 11) is 1.29. The number of aromatic amines is 1. The normalized spacial score (nSPS) is 16.1. The number of benzene rings is 2. The number of anilines is 1. The minimum atomic E-state index is -0.725. The summed E-state index contributed by atoms with van der Waals surface area (Å²) in [5.74, 6) is 0.258. The van der Waals surface area contributed by atoms with Gasteiger partial charge in [0.15, 0.2) is 5.82 Å². The van der Waals surface area contributed by atoms with E-state index in [-0.39, 0.29) is 27.8 Å². The molecule has 0 radical (unpaired) electrons. The lowest BCUT2D eigenvalue weighted by Crippen LogP contribution is -2.25. The molecule has 0 spiro atoms. The summed E-state index contributed by atoms with van der Waals surface area (Å²) in [5, 5.41) is 13.6. The topological polar surface area (TPSA) is 146 Å². The molecule has 1 aliphatic rings. The second-order valence-electron chi connectivity index (χ2n) is 9.25. The number of H-pyrrole nitrogens is 1. The van der Waals surface area contributed by atoms with E-state index in [1.165, 1.54) is 30.3 Å². The van der Waals surface area contributed by atoms with Gasteiger partial charge in [-0.1, -0.05) is 30.7 Å². The molecule has 2 atom stereocenters. The van der Waals surface area contributed by atoms with Gasteiger partial charge >= 0.3 is 6.09 Å². The van der Waals surface area contributed by atoms with Gasteiger partial charge in [-0.25, -0.2) is 19.2 Å². The number of rotatable bonds is 5. The summed E-state index contributed by atoms with van der Waals surface area (Å²) in [5.41, 5.74) is 2.28. The number of aromatic nitrogens is 8. The largest absolute Gasteiger partial charge is 0.453 e. The van der Waals surface area contributed by atoms with E-state index in [1.807, 2.05) is 19.1 Å². The Bertz CT molecular complexity index is 1780. The molecule has 2 aromatic carbocycles. The van der Waals surface area contributed by atoms with E-state index in [1.54, 1.807) is 29.0 Å². The molecule has 0 saturated heterocycles. The predicted octanol–water partition coefficient (Wildman–Crippen LogP) is 4.34. The molecule has 0 saturated carbocycles. The van der Waals surface area contributed by atoms with Gasteiger partial charge in [0.25, 0.3) is 5.56 Å². The first-order valence-corrected chi connectivity index (χ1v) is 12.6. The SMILES string of the molecule is COC(=O)Nc1ccc(-c2cnc([C@H]3C[C@@H](C)c4nc(-c5c(-n6cnnn6)ccc(Cl)c5F)cc(=O)n43)[nH]2)cc1. The summed E-state index contributed by atoms with van der Waals surface area (Å²) < 4.78 is 22.8. The number of nitrogens with one attached hydrogen (secondary N) is 2. The van der Waals surface area contributed by atoms with Gasteiger partial charge in [0.2, 0.25) is 0 Å². The van der Waals surface area contributed by atoms with E-state index >= 15 is 4.39 Å². The third-order valence-electron chi connectivity index (χ3n) is 6.77. The minimum Gasteiger partial charge on any atom is -0.453 e. The fourth-order valence-electron chi connectivity index (χ4n) is 4.88. The highest BCUT2D eigenvalue weighted by Crippen LogP contribution is 2.39. The average molecular weight is 562 g/mol. The number of imidazole rings is 1. The Morgan fingerprint density at radius 3 is 2.75 bits per heavy atom. The fraction of sp³-hybridized carbons (Fsp3) is 0.192. The van der Waals surface area contributed by atoms with E-state index in [0.717, 1.165) is 11.3 Å². The Hall–Kier alpha value is -4.91. The smallest absolute Gasteiger partial charge is 0.411 e. The first kappa shape index (κ1) is 25.4. The van der Waals surface area contributed by atoms with Crippen LogP contribution < -0.4 is 10.9 Å². The Morgan fingerprint density at radius 2 is 2.02 bits per heavy atom. The van der Waals surface area contributed by atoms with E-state index in [0.29, 0.717) is 29.4 Å². The number of amides is 1. The van der Waals surface area contributed by atoms with Gasteiger partial charge < -0.3 is 9.72 Å². The van der Waals surface area contributed by atoms with Gasteiger partial charge in [-0.15, -0.1) is 5.10 Å². The predicted molar refractivity (Wildman–Crippen MR) is 143 cm³/mol. The highest BCUT2D eigenvalue weighted by Gasteiger charge is 2.34. The van der Waals surface area contributed by atoms with Crippen molar-refractivity contribution in [1.29, 1.82) is 0 Å². The zero-order chi connectivity index (χ0) is 28.0. The van der Waals surface area contributed by atoms with Crippen LogP contribution in [0, 0.1) is 5.82 Å². The van der Waals surface area contributed by atoms with Crippen molar-refractivity contribution in [2.45, 2.75) is 25.3 Å². The summed E-state index contributed by atoms with van der Waals surface area (Å²) in [6, 6.07) is 11.0. The number of carbonyl (C=O) groups excluding carboxylic acids is 1. The van der Waals surface area contributed by atoms with E-state index < -0.39 is 18.0 Å². The van der Waals surface area contributed by atoms with Gasteiger partial charge in [0.05, 0.1) is 47.0 Å². The molecule has 6 rings (SSSR count). The number of hydrogen-bond acceptors (Lipinski definition) is 8. The zero-order valence-corrected chi connectivity index (χ0v) is 21.9. The van der Waals surface area contributed by atoms with Crippen LogP contribution in [-0.2, 0) is 4.74 Å². The standard InChI is InChI=1S/C26H21ClFN9O3/c1-13-9-20(24-29-11-18(32-24)14-3-5-15(6-4-14)31-26(39)40-2)37-21(38)10-17(33-25(13)37)22-19(36-12-30-34-35-36)8-7-16(27)23(22)28/h3-8,10-13,20H,9H2,1-2H3,(H,29,32)(H,31,39)/t13-,20-/m1/s1. The summed E-state index contributed by atoms with van der Waals surface area (Å²) >= 11 is 6.09. The summed E-state index contributed by atoms with van der Waals surface area (Å²) in [6.07, 6.45) is 3.02. The van der Waals surface area contributed by atoms with Crippen molar-refractivity contribution >= 4 is 23.4 Å². The van der Waals surface area contributed by atoms with Gasteiger partial charge in [-0.2, -0.15) is 4.68 Å². The molecule has 0 unspecified atom stereocenters. The van der Waals surface area contributed by atoms with Crippen molar-refractivity contribution in [1.82, 2.24) is 39.7 Å². The highest BCUT2D eigenvalue weighted by molar-refractivity contribution is 6.31. The van der Waals surface area contributed by atoms with E-state index in [2.05, 4.69) is 35.5 Å². The molecular weight excluding hydrogens is 541 g/mol. The number of nitrogens with zero attached hydrogens (tertiary/aromatic N) is 7. The van der Waals surface area contributed by atoms with Gasteiger partial charge in [-0.3, -0.25) is 14.7 Å². The van der Waals surface area contributed by atoms with Crippen LogP contribution in [0.25, 0.3) is 28.2 Å². The molecule has 0 fully saturated rings. The molecule has 0 aliphatic carbocycles. The zero-order valence-electron chi connectivity index (χ0n) is 21.2. The van der Waals surface area contributed by atoms with Crippen LogP contribution in [0.1, 0.15) is 37.0 Å². The van der Waals surface area contributed by atoms with Crippen LogP contribution in [0.2, 0.25) is 5.02 Å². The van der Waals surface area contributed by atoms with Crippen molar-refractivity contribution in [3.05, 3.63) is 87.8 Å². The quantitative estimate of drug-likeness (QED) is 0.322. The van der Waals surface area contributed by atoms with E-state index in [4.69, 9.17) is 16.6 Å². The van der Waals surface area contributed by atoms with Gasteiger partial charge in [0, 0.05) is 17.7 Å². The molecule has 4 heterocycles. The van der Waals surface area contributed by atoms with Crippen LogP contribution in [0.15, 0.2) is 59.8 Å². The lowest BCUT2D eigenvalue weighted by molar-refractivity contribution is 0.187. The fourth-order valence-corrected chi connectivity index (χ4v) is 5.04. The third-order valence-corrected chi connectivity index (χ3v) is 7.06. The second kappa shape index (κ2) is 10.0. The maximum absolute atomic E-state index is 15.3. The van der Waals surface area contributed by atoms with Crippen LogP contribution in [-0.4, -0.2) is 52.9 Å². The molecule has 3 aromatic heterocycles. The maximum atomic E-state index is 15.3. The number of fused-ring (bicyclic) bond motifs is 1. The molecular formula is C26H21ClFN9O3. The number of ether oxygens (including phenoxy) is 1. The molecule has 0 bridgehead atoms. The molecule has 5 aromatic rings. The summed E-state index contributed by atoms with van der Waals surface area (Å²) in [4.78, 5) is 37.5. The number of tetrazole rings is 1. The van der Waals surface area contributed by atoms with Crippen molar-refractivity contribution in [2.24, 2.45) is 0 Å². The second-order valence-corrected chi connectivity index (χ2v) is 9.65. The van der Waals surface area contributed by atoms with Crippen LogP contribution in [0.3, 0.4) is 0 Å². The molecule has 2 N–H and O–H groups in total. The Morgan fingerprint density at radius 1 is 1.23 bits per heavy atom. The van der Waals surface area contributed by atoms with Crippen LogP contribution in [0.5, 0.6) is 0 Å². The van der Waals surface area contributed by atoms with Crippen molar-refractivity contribution in [3.8, 4) is 28.2 Å². The molecule has 202 valence electrons. The number of hydrogen-bond donors (Lipinski definition) is 2. The van der Waals surface area contributed by atoms with E-state index in [9.17, 15) is 9.59 Å². The summed E-state index contributed by atoms with van der Waals surface area (Å²) in [6.45, 7) is 1.95. The van der Waals surface area contributed by atoms with Crippen molar-refractivity contribution in [2.75, 3.05) is 12.4 Å². The lowest BCUT2D eigenvalue weighted by atomic mass is 10.1. The van der Waals surface area contributed by atoms with Gasteiger partial charge in [0.1, 0.15) is 18.0 Å². The van der Waals surface area contributed by atoms with Crippen molar-refractivity contribution in [3.63, 3.8) is 0 Å². The Balaban J connectivity index is 1.35. The monoisotopic (exact) mass is 561 g/mol. The first-order valence-electron chi connectivity index (χ1n) is 12.2. The number of halogens is 2. The average Bonchev–Trinajstić information content (AvgIpc) is 3.72. The lowest BCUT2D eigenvalue weighted by Gasteiger charge is -2.15. The number of carbonyl (C=O) groups is 1. The maximum Gasteiger partial charge on any atom is 0.411 e. The molecule has 12 nitrogen and oxygen atoms in total. The molecule has 1 aliphatic heterocycles. The highest BCUT2D eigenvalue weighted by atomic mass is 35.5. The van der Waals surface area contributed by atoms with Gasteiger partial charge in [-0.05, 0) is 46.7 Å². The van der Waals surface area contributed by atoms with Crippen LogP contribution in [0.4, 0.5) is 14.9 Å². The minimum absolute atomic E-state index is 0.0290. The first-order chi connectivity index (χ1) is 19.3. The number of methoxy groups -OCH3 is 1. The third kappa shape index (κ3) is 4.39.